The molecule has 0 N–H and O–H groups in total. The molecule has 0 bridgehead atoms. The van der Waals surface area contributed by atoms with Crippen LogP contribution < -0.4 is 0 Å². The van der Waals surface area contributed by atoms with Crippen molar-refractivity contribution < 1.29 is 0 Å². The minimum Gasteiger partial charge on any atom is -0.0882 e. The van der Waals surface area contributed by atoms with Gasteiger partial charge in [0, 0.05) is 21.9 Å². The van der Waals surface area contributed by atoms with Crippen molar-refractivity contribution in [2.45, 2.75) is 47.5 Å². The van der Waals surface area contributed by atoms with Crippen LogP contribution in [-0.4, -0.2) is 9.52 Å². The van der Waals surface area contributed by atoms with E-state index in [4.69, 9.17) is 23.2 Å². The Morgan fingerprint density at radius 2 is 1.75 bits per heavy atom. The number of allylic oxidation sites excluding steroid dienone is 8. The molecule has 3 heteroatoms. The van der Waals surface area contributed by atoms with Gasteiger partial charge in [-0.15, -0.1) is 0 Å². The fraction of sp³-hybridized carbons (Fsp3) is 0.529. The zero-order valence-corrected chi connectivity index (χ0v) is 16.0. The van der Waals surface area contributed by atoms with Gasteiger partial charge in [-0.05, 0) is 31.4 Å². The van der Waals surface area contributed by atoms with Gasteiger partial charge in [-0.25, -0.2) is 0 Å². The van der Waals surface area contributed by atoms with E-state index in [0.717, 1.165) is 10.1 Å². The molecule has 0 nitrogen and oxygen atoms in total. The predicted octanol–water partition coefficient (Wildman–Crippen LogP) is 5.42. The molecule has 20 heavy (non-hydrogen) atoms. The van der Waals surface area contributed by atoms with Gasteiger partial charge in [0.1, 0.15) is 0 Å². The summed E-state index contributed by atoms with van der Waals surface area (Å²) in [7, 11) is -0.470. The van der Waals surface area contributed by atoms with E-state index in [1.165, 1.54) is 29.2 Å². The van der Waals surface area contributed by atoms with Crippen molar-refractivity contribution in [1.82, 2.24) is 0 Å². The van der Waals surface area contributed by atoms with Crippen molar-refractivity contribution in [1.29, 1.82) is 0 Å². The third-order valence-electron chi connectivity index (χ3n) is 4.68. The van der Waals surface area contributed by atoms with Gasteiger partial charge in [0.15, 0.2) is 0 Å². The first kappa shape index (κ1) is 16.1. The Hall–Kier alpha value is -0.243. The standard InChI is InChI=1S/C17H24Cl2Si/c1-6-7-13-10(3)16(19)12(5)17(13)20-14-8-9(2)15(18)11(14)4/h8-10H,6-7,20H2,1-5H3. The Labute approximate surface area is 135 Å². The molecule has 2 aliphatic rings. The first-order valence-electron chi connectivity index (χ1n) is 7.54. The van der Waals surface area contributed by atoms with Crippen LogP contribution in [0.4, 0.5) is 0 Å². The zero-order valence-electron chi connectivity index (χ0n) is 13.1. The van der Waals surface area contributed by atoms with E-state index in [0.29, 0.717) is 11.8 Å². The van der Waals surface area contributed by atoms with E-state index in [2.05, 4.69) is 40.7 Å². The molecule has 110 valence electrons. The Morgan fingerprint density at radius 3 is 2.25 bits per heavy atom. The summed E-state index contributed by atoms with van der Waals surface area (Å²) in [6.07, 6.45) is 4.74. The molecule has 2 atom stereocenters. The molecular weight excluding hydrogens is 303 g/mol. The lowest BCUT2D eigenvalue weighted by molar-refractivity contribution is 0.762. The molecule has 0 spiro atoms. The van der Waals surface area contributed by atoms with Crippen LogP contribution in [0.15, 0.2) is 43.3 Å². The van der Waals surface area contributed by atoms with Gasteiger partial charge in [0.05, 0.1) is 9.52 Å². The maximum absolute atomic E-state index is 6.52. The summed E-state index contributed by atoms with van der Waals surface area (Å²) in [5.74, 6) is 0.825. The summed E-state index contributed by atoms with van der Waals surface area (Å²) in [6.45, 7) is 11.0. The van der Waals surface area contributed by atoms with Crippen LogP contribution in [0.25, 0.3) is 0 Å². The van der Waals surface area contributed by atoms with Crippen LogP contribution in [-0.2, 0) is 0 Å². The van der Waals surface area contributed by atoms with Crippen molar-refractivity contribution in [3.8, 4) is 0 Å². The van der Waals surface area contributed by atoms with Crippen LogP contribution in [0.1, 0.15) is 47.5 Å². The largest absolute Gasteiger partial charge is 0.0882 e. The minimum atomic E-state index is -0.470. The summed E-state index contributed by atoms with van der Waals surface area (Å²) in [5.41, 5.74) is 4.25. The molecule has 0 radical (unpaired) electrons. The molecule has 0 heterocycles. The second-order valence-electron chi connectivity index (χ2n) is 6.08. The second-order valence-corrected chi connectivity index (χ2v) is 8.72. The smallest absolute Gasteiger partial charge is 0.0878 e. The van der Waals surface area contributed by atoms with Gasteiger partial charge in [-0.1, -0.05) is 72.4 Å². The van der Waals surface area contributed by atoms with Crippen molar-refractivity contribution in [2.75, 3.05) is 0 Å². The second kappa shape index (κ2) is 6.25. The quantitative estimate of drug-likeness (QED) is 0.605. The summed E-state index contributed by atoms with van der Waals surface area (Å²) in [5, 5.41) is 5.21. The topological polar surface area (TPSA) is 0 Å². The van der Waals surface area contributed by atoms with Crippen LogP contribution in [0, 0.1) is 11.8 Å². The lowest BCUT2D eigenvalue weighted by Crippen LogP contribution is -2.05. The normalized spacial score (nSPS) is 27.6. The first-order valence-corrected chi connectivity index (χ1v) is 9.71. The lowest BCUT2D eigenvalue weighted by atomic mass is 10.0. The highest BCUT2D eigenvalue weighted by molar-refractivity contribution is 6.58. The molecule has 0 saturated carbocycles. The fourth-order valence-corrected chi connectivity index (χ4v) is 6.51. The highest BCUT2D eigenvalue weighted by Crippen LogP contribution is 2.43. The fourth-order valence-electron chi connectivity index (χ4n) is 3.38. The predicted molar refractivity (Wildman–Crippen MR) is 94.0 cm³/mol. The highest BCUT2D eigenvalue weighted by atomic mass is 35.5. The van der Waals surface area contributed by atoms with E-state index in [1.54, 1.807) is 10.8 Å². The molecule has 0 amide bonds. The van der Waals surface area contributed by atoms with Crippen molar-refractivity contribution in [3.05, 3.63) is 43.3 Å². The molecule has 0 aromatic rings. The molecule has 0 aromatic carbocycles. The van der Waals surface area contributed by atoms with Gasteiger partial charge < -0.3 is 0 Å². The summed E-state index contributed by atoms with van der Waals surface area (Å²) in [6, 6.07) is 0. The van der Waals surface area contributed by atoms with Gasteiger partial charge in [-0.3, -0.25) is 0 Å². The third kappa shape index (κ3) is 2.73. The maximum Gasteiger partial charge on any atom is 0.0878 e. The van der Waals surface area contributed by atoms with E-state index < -0.39 is 9.52 Å². The average molecular weight is 327 g/mol. The number of rotatable bonds is 4. The molecular formula is C17H24Cl2Si. The lowest BCUT2D eigenvalue weighted by Gasteiger charge is -2.13. The molecule has 0 aliphatic heterocycles. The van der Waals surface area contributed by atoms with E-state index in [9.17, 15) is 0 Å². The number of halogens is 2. The molecule has 2 unspecified atom stereocenters. The third-order valence-corrected chi connectivity index (χ3v) is 8.40. The van der Waals surface area contributed by atoms with E-state index >= 15 is 0 Å². The Bertz CT molecular complexity index is 549. The maximum atomic E-state index is 6.52. The van der Waals surface area contributed by atoms with Gasteiger partial charge in [0.2, 0.25) is 0 Å². The number of hydrogen-bond donors (Lipinski definition) is 0. The van der Waals surface area contributed by atoms with Gasteiger partial charge in [-0.2, -0.15) is 0 Å². The van der Waals surface area contributed by atoms with Crippen molar-refractivity contribution in [3.63, 3.8) is 0 Å². The van der Waals surface area contributed by atoms with E-state index in [-0.39, 0.29) is 0 Å². The monoisotopic (exact) mass is 326 g/mol. The van der Waals surface area contributed by atoms with Gasteiger partial charge in [0.25, 0.3) is 0 Å². The van der Waals surface area contributed by atoms with Crippen LogP contribution >= 0.6 is 23.2 Å². The summed E-state index contributed by atoms with van der Waals surface area (Å²) >= 11 is 12.9. The SMILES string of the molecule is CCCC1=C([SiH2]C2=CC(C)C(Cl)=C2C)C(C)=C(Cl)C1C. The Morgan fingerprint density at radius 1 is 1.10 bits per heavy atom. The zero-order chi connectivity index (χ0) is 15.0. The average Bonchev–Trinajstić information content (AvgIpc) is 2.77. The van der Waals surface area contributed by atoms with Crippen molar-refractivity contribution >= 4 is 32.7 Å². The summed E-state index contributed by atoms with van der Waals surface area (Å²) in [4.78, 5) is 0. The highest BCUT2D eigenvalue weighted by Gasteiger charge is 2.29. The summed E-state index contributed by atoms with van der Waals surface area (Å²) < 4.78 is 0. The first-order chi connectivity index (χ1) is 9.38. The molecule has 0 fully saturated rings. The minimum absolute atomic E-state index is 0.396. The van der Waals surface area contributed by atoms with E-state index in [1.807, 2.05) is 0 Å². The number of hydrogen-bond acceptors (Lipinski definition) is 0. The van der Waals surface area contributed by atoms with Crippen LogP contribution in [0.2, 0.25) is 0 Å². The molecule has 2 rings (SSSR count). The Balaban J connectivity index is 2.34. The van der Waals surface area contributed by atoms with Gasteiger partial charge >= 0.3 is 0 Å². The van der Waals surface area contributed by atoms with Crippen LogP contribution in [0.5, 0.6) is 0 Å². The molecule has 2 aliphatic carbocycles. The molecule has 0 saturated heterocycles. The van der Waals surface area contributed by atoms with Crippen molar-refractivity contribution in [2.24, 2.45) is 11.8 Å². The molecule has 0 aromatic heterocycles. The Kier molecular flexibility index (Phi) is 5.04. The van der Waals surface area contributed by atoms with Crippen LogP contribution in [0.3, 0.4) is 0 Å².